The van der Waals surface area contributed by atoms with Gasteiger partial charge in [-0.3, -0.25) is 19.5 Å². The van der Waals surface area contributed by atoms with Crippen molar-refractivity contribution in [3.63, 3.8) is 0 Å². The van der Waals surface area contributed by atoms with E-state index in [1.165, 1.54) is 19.9 Å². The fraction of sp³-hybridized carbons (Fsp3) is 0.489. The number of urea groups is 1. The van der Waals surface area contributed by atoms with Crippen LogP contribution < -0.4 is 20.1 Å². The fourth-order valence-corrected chi connectivity index (χ4v) is 12.5. The molecular formula is C45H60N6O11S3. The lowest BCUT2D eigenvalue weighted by Crippen LogP contribution is -2.50. The molecule has 65 heavy (non-hydrogen) atoms. The number of carbonyl (C=O) groups excluding carboxylic acids is 4. The summed E-state index contributed by atoms with van der Waals surface area (Å²) in [5, 5.41) is 12.2. The summed E-state index contributed by atoms with van der Waals surface area (Å²) < 4.78 is 72.1. The summed E-state index contributed by atoms with van der Waals surface area (Å²) in [7, 11) is -6.67. The molecule has 2 aromatic carbocycles. The van der Waals surface area contributed by atoms with E-state index in [0.29, 0.717) is 34.9 Å². The summed E-state index contributed by atoms with van der Waals surface area (Å²) in [5.41, 5.74) is 0.646. The van der Waals surface area contributed by atoms with Crippen LogP contribution in [0.25, 0.3) is 11.1 Å². The summed E-state index contributed by atoms with van der Waals surface area (Å²) in [6.45, 7) is 12.4. The molecule has 354 valence electrons. The molecule has 0 radical (unpaired) electrons. The first kappa shape index (κ1) is 51.0. The molecule has 17 nitrogen and oxygen atoms in total. The Kier molecular flexibility index (Phi) is 16.9. The maximum Gasteiger partial charge on any atom is 0.322 e. The third-order valence-corrected chi connectivity index (χ3v) is 17.5. The minimum absolute atomic E-state index is 0.0269. The Morgan fingerprint density at radius 1 is 1.00 bits per heavy atom. The van der Waals surface area contributed by atoms with Crippen molar-refractivity contribution >= 4 is 60.4 Å². The first-order valence-corrected chi connectivity index (χ1v) is 25.4. The van der Waals surface area contributed by atoms with E-state index in [-0.39, 0.29) is 53.4 Å². The Hall–Kier alpha value is -4.99. The first-order chi connectivity index (χ1) is 30.7. The molecule has 0 aliphatic carbocycles. The molecule has 4 N–H and O–H groups in total. The van der Waals surface area contributed by atoms with E-state index in [4.69, 9.17) is 14.2 Å². The SMILES string of the molecule is CCN[C@H]1C[C@H](C)S(=O)(=O)c2sc(S(=O)(=O)NC(=O)CCC(=O)C(C)(CC)OC(C)C(=O)C(C)(CC)OCCN(Cc3cccc(OC)c3)C(=O)Nc3ccc(-c4cn[nH]c4)cc3)cc21. The molecule has 4 aromatic rings. The summed E-state index contributed by atoms with van der Waals surface area (Å²) in [6, 6.07) is 15.2. The number of H-pyrrole nitrogens is 1. The molecule has 2 aromatic heterocycles. The number of anilines is 1. The summed E-state index contributed by atoms with van der Waals surface area (Å²) in [4.78, 5) is 56.0. The normalized spacial score (nSPS) is 18.0. The molecule has 3 amide bonds. The molecule has 1 aliphatic heterocycles. The van der Waals surface area contributed by atoms with E-state index in [1.807, 2.05) is 42.0 Å². The lowest BCUT2D eigenvalue weighted by atomic mass is 9.91. The number of sulfonamides is 1. The number of aromatic amines is 1. The van der Waals surface area contributed by atoms with Gasteiger partial charge in [-0.25, -0.2) is 26.4 Å². The molecule has 0 saturated carbocycles. The molecule has 3 heterocycles. The molecule has 5 rings (SSSR count). The van der Waals surface area contributed by atoms with Crippen molar-refractivity contribution in [2.24, 2.45) is 0 Å². The number of benzene rings is 2. The Morgan fingerprint density at radius 3 is 2.34 bits per heavy atom. The molecular weight excluding hydrogens is 897 g/mol. The van der Waals surface area contributed by atoms with Crippen molar-refractivity contribution in [3.05, 3.63) is 78.1 Å². The first-order valence-electron chi connectivity index (χ1n) is 21.5. The van der Waals surface area contributed by atoms with E-state index in [1.54, 1.807) is 70.3 Å². The highest BCUT2D eigenvalue weighted by Crippen LogP contribution is 2.43. The number of nitrogens with zero attached hydrogens (tertiary/aromatic N) is 2. The number of thiophene rings is 1. The van der Waals surface area contributed by atoms with E-state index in [9.17, 15) is 36.0 Å². The Labute approximate surface area is 385 Å². The smallest absolute Gasteiger partial charge is 0.322 e. The quantitative estimate of drug-likeness (QED) is 0.0616. The third-order valence-electron chi connectivity index (χ3n) is 11.8. The largest absolute Gasteiger partial charge is 0.497 e. The molecule has 0 spiro atoms. The van der Waals surface area contributed by atoms with Crippen LogP contribution in [-0.2, 0) is 50.3 Å². The molecule has 0 saturated heterocycles. The zero-order valence-electron chi connectivity index (χ0n) is 38.1. The lowest BCUT2D eigenvalue weighted by molar-refractivity contribution is -0.170. The van der Waals surface area contributed by atoms with Crippen LogP contribution in [0.2, 0.25) is 0 Å². The standard InChI is InChI=1S/C45H60N6O11S3/c1-9-44(6,38(52)19-20-39(53)50-65(58,59)40-25-36-37(46-11-3)23-29(4)64(56,57)42(36)63-40)62-30(5)41(54)45(7,10-2)61-22-21-51(28-31-13-12-14-35(24-31)60-8)43(55)49-34-17-15-32(16-18-34)33-26-47-48-27-33/h12-18,24-27,29-30,37,46H,9-11,19-23,28H2,1-8H3,(H,47,48)(H,49,55)(H,50,53)/t29-,30?,37-,44?,45?/m0/s1. The van der Waals surface area contributed by atoms with E-state index in [2.05, 4.69) is 20.8 Å². The minimum Gasteiger partial charge on any atom is -0.497 e. The van der Waals surface area contributed by atoms with Crippen molar-refractivity contribution in [1.29, 1.82) is 0 Å². The number of Topliss-reactive ketones (excluding diaryl/α,β-unsaturated/α-hetero) is 2. The van der Waals surface area contributed by atoms with Gasteiger partial charge in [-0.05, 0) is 95.0 Å². The predicted molar refractivity (Wildman–Crippen MR) is 247 cm³/mol. The van der Waals surface area contributed by atoms with Crippen molar-refractivity contribution in [1.82, 2.24) is 25.1 Å². The molecule has 0 fully saturated rings. The van der Waals surface area contributed by atoms with Crippen molar-refractivity contribution in [3.8, 4) is 16.9 Å². The molecule has 20 heteroatoms. The van der Waals surface area contributed by atoms with Gasteiger partial charge < -0.3 is 29.7 Å². The van der Waals surface area contributed by atoms with Crippen LogP contribution in [0.1, 0.15) is 97.7 Å². The average molecular weight is 957 g/mol. The monoisotopic (exact) mass is 956 g/mol. The van der Waals surface area contributed by atoms with Crippen LogP contribution in [-0.4, -0.2) is 105 Å². The van der Waals surface area contributed by atoms with Gasteiger partial charge in [-0.1, -0.05) is 45.0 Å². The van der Waals surface area contributed by atoms with Crippen LogP contribution in [0.5, 0.6) is 5.75 Å². The lowest BCUT2D eigenvalue weighted by Gasteiger charge is -2.35. The second kappa shape index (κ2) is 21.5. The number of rotatable bonds is 23. The zero-order chi connectivity index (χ0) is 47.7. The Balaban J connectivity index is 1.19. The van der Waals surface area contributed by atoms with Crippen LogP contribution in [0, 0.1) is 0 Å². The molecule has 1 aliphatic rings. The average Bonchev–Trinajstić information content (AvgIpc) is 4.00. The van der Waals surface area contributed by atoms with Crippen molar-refractivity contribution in [2.75, 3.05) is 32.1 Å². The number of hydrogen-bond donors (Lipinski definition) is 4. The number of amides is 3. The number of sulfone groups is 1. The van der Waals surface area contributed by atoms with Gasteiger partial charge >= 0.3 is 6.03 Å². The van der Waals surface area contributed by atoms with Gasteiger partial charge in [0, 0.05) is 55.0 Å². The zero-order valence-corrected chi connectivity index (χ0v) is 40.5. The van der Waals surface area contributed by atoms with Crippen LogP contribution in [0.15, 0.2) is 75.4 Å². The van der Waals surface area contributed by atoms with E-state index >= 15 is 0 Å². The van der Waals surface area contributed by atoms with E-state index < -0.39 is 78.8 Å². The predicted octanol–water partition coefficient (Wildman–Crippen LogP) is 6.58. The van der Waals surface area contributed by atoms with Gasteiger partial charge in [0.25, 0.3) is 10.0 Å². The van der Waals surface area contributed by atoms with Crippen molar-refractivity contribution < 1.29 is 50.2 Å². The van der Waals surface area contributed by atoms with E-state index in [0.717, 1.165) is 16.7 Å². The number of nitrogens with one attached hydrogen (secondary N) is 4. The Bertz CT molecular complexity index is 2530. The molecule has 0 bridgehead atoms. The summed E-state index contributed by atoms with van der Waals surface area (Å²) in [6.07, 6.45) is 2.08. The highest BCUT2D eigenvalue weighted by Gasteiger charge is 2.42. The van der Waals surface area contributed by atoms with Crippen molar-refractivity contribution in [2.45, 2.75) is 124 Å². The number of ether oxygens (including phenoxy) is 3. The van der Waals surface area contributed by atoms with Gasteiger partial charge in [-0.15, -0.1) is 11.3 Å². The second-order valence-corrected chi connectivity index (χ2v) is 21.9. The summed E-state index contributed by atoms with van der Waals surface area (Å²) >= 11 is 0.592. The van der Waals surface area contributed by atoms with Gasteiger partial charge in [0.05, 0.1) is 25.2 Å². The number of ketones is 2. The maximum atomic E-state index is 14.0. The summed E-state index contributed by atoms with van der Waals surface area (Å²) in [5.74, 6) is -1.30. The number of hydrogen-bond acceptors (Lipinski definition) is 14. The van der Waals surface area contributed by atoms with Gasteiger partial charge in [-0.2, -0.15) is 5.10 Å². The topological polar surface area (TPSA) is 232 Å². The molecule has 3 unspecified atom stereocenters. The Morgan fingerprint density at radius 2 is 1.71 bits per heavy atom. The fourth-order valence-electron chi connectivity index (χ4n) is 7.46. The van der Waals surface area contributed by atoms with Crippen LogP contribution in [0.3, 0.4) is 0 Å². The number of carbonyl (C=O) groups is 4. The third kappa shape index (κ3) is 12.3. The van der Waals surface area contributed by atoms with Gasteiger partial charge in [0.2, 0.25) is 5.91 Å². The second-order valence-electron chi connectivity index (χ2n) is 16.4. The maximum absolute atomic E-state index is 14.0. The number of aromatic nitrogens is 2. The number of fused-ring (bicyclic) bond motifs is 1. The van der Waals surface area contributed by atoms with Gasteiger partial charge in [0.1, 0.15) is 31.5 Å². The minimum atomic E-state index is -4.47. The van der Waals surface area contributed by atoms with Gasteiger partial charge in [0.15, 0.2) is 21.4 Å². The van der Waals surface area contributed by atoms with Crippen LogP contribution in [0.4, 0.5) is 10.5 Å². The highest BCUT2D eigenvalue weighted by molar-refractivity contribution is 7.95. The van der Waals surface area contributed by atoms with Crippen LogP contribution >= 0.6 is 11.3 Å². The number of methoxy groups -OCH3 is 1. The highest BCUT2D eigenvalue weighted by atomic mass is 32.3. The molecule has 5 atom stereocenters.